The van der Waals surface area contributed by atoms with Gasteiger partial charge in [0.1, 0.15) is 6.04 Å². The van der Waals surface area contributed by atoms with Gasteiger partial charge in [-0.15, -0.1) is 0 Å². The first kappa shape index (κ1) is 17.1. The molecule has 10 heteroatoms. The second kappa shape index (κ2) is 6.61. The molecule has 1 atom stereocenters. The molecule has 130 valence electrons. The van der Waals surface area contributed by atoms with Gasteiger partial charge in [0, 0.05) is 25.0 Å². The van der Waals surface area contributed by atoms with E-state index in [9.17, 15) is 13.2 Å². The normalized spacial score (nSPS) is 20.1. The summed E-state index contributed by atoms with van der Waals surface area (Å²) < 4.78 is 30.9. The van der Waals surface area contributed by atoms with Crippen molar-refractivity contribution in [1.29, 1.82) is 0 Å². The van der Waals surface area contributed by atoms with Crippen LogP contribution in [0.3, 0.4) is 0 Å². The lowest BCUT2D eigenvalue weighted by molar-refractivity contribution is 0.0764. The molecular formula is C14H18N4O4S2. The third kappa shape index (κ3) is 3.50. The highest BCUT2D eigenvalue weighted by molar-refractivity contribution is 7.88. The minimum atomic E-state index is -3.47. The van der Waals surface area contributed by atoms with Crippen LogP contribution in [-0.2, 0) is 10.0 Å². The molecule has 8 nitrogen and oxygen atoms in total. The van der Waals surface area contributed by atoms with Crippen LogP contribution in [0.15, 0.2) is 21.3 Å². The van der Waals surface area contributed by atoms with Crippen LogP contribution in [0.5, 0.6) is 0 Å². The maximum atomic E-state index is 12.5. The Morgan fingerprint density at radius 3 is 2.75 bits per heavy atom. The number of hydrogen-bond donors (Lipinski definition) is 0. The van der Waals surface area contributed by atoms with Gasteiger partial charge in [0.15, 0.2) is 5.82 Å². The number of nitrogens with zero attached hydrogens (tertiary/aromatic N) is 4. The molecule has 0 bridgehead atoms. The van der Waals surface area contributed by atoms with Crippen LogP contribution >= 0.6 is 11.3 Å². The SMILES string of the molecule is Cc1noc(C2CCN(C(=O)c3ccsc3)CCN2S(C)(=O)=O)n1. The summed E-state index contributed by atoms with van der Waals surface area (Å²) in [5, 5.41) is 7.38. The molecule has 0 saturated carbocycles. The lowest BCUT2D eigenvalue weighted by Crippen LogP contribution is -2.37. The van der Waals surface area contributed by atoms with Crippen LogP contribution < -0.4 is 0 Å². The molecule has 1 aliphatic heterocycles. The number of hydrogen-bond acceptors (Lipinski definition) is 7. The molecule has 1 unspecified atom stereocenters. The minimum Gasteiger partial charge on any atom is -0.338 e. The fourth-order valence-corrected chi connectivity index (χ4v) is 4.47. The van der Waals surface area contributed by atoms with Crippen molar-refractivity contribution in [3.63, 3.8) is 0 Å². The Bertz CT molecular complexity index is 816. The third-order valence-electron chi connectivity index (χ3n) is 3.92. The van der Waals surface area contributed by atoms with Crippen molar-refractivity contribution in [2.75, 3.05) is 25.9 Å². The van der Waals surface area contributed by atoms with E-state index in [1.807, 2.05) is 5.38 Å². The zero-order chi connectivity index (χ0) is 17.3. The van der Waals surface area contributed by atoms with Crippen LogP contribution in [0.4, 0.5) is 0 Å². The Morgan fingerprint density at radius 2 is 2.17 bits per heavy atom. The zero-order valence-electron chi connectivity index (χ0n) is 13.4. The first-order valence-corrected chi connectivity index (χ1v) is 10.2. The first-order chi connectivity index (χ1) is 11.4. The minimum absolute atomic E-state index is 0.0907. The fourth-order valence-electron chi connectivity index (χ4n) is 2.77. The number of carbonyl (C=O) groups excluding carboxylic acids is 1. The first-order valence-electron chi connectivity index (χ1n) is 7.45. The van der Waals surface area contributed by atoms with Gasteiger partial charge in [-0.25, -0.2) is 8.42 Å². The quantitative estimate of drug-likeness (QED) is 0.808. The molecule has 0 radical (unpaired) electrons. The number of aromatic nitrogens is 2. The van der Waals surface area contributed by atoms with Gasteiger partial charge in [0.25, 0.3) is 5.91 Å². The largest absolute Gasteiger partial charge is 0.338 e. The standard InChI is InChI=1S/C14H18N4O4S2/c1-10-15-13(22-16-10)12-3-5-17(6-7-18(12)24(2,20)21)14(19)11-4-8-23-9-11/h4,8-9,12H,3,5-7H2,1-2H3. The topological polar surface area (TPSA) is 96.6 Å². The molecule has 0 N–H and O–H groups in total. The van der Waals surface area contributed by atoms with Crippen molar-refractivity contribution in [1.82, 2.24) is 19.3 Å². The number of aryl methyl sites for hydroxylation is 1. The van der Waals surface area contributed by atoms with Crippen molar-refractivity contribution in [3.8, 4) is 0 Å². The van der Waals surface area contributed by atoms with Crippen molar-refractivity contribution < 1.29 is 17.7 Å². The van der Waals surface area contributed by atoms with Crippen molar-refractivity contribution in [2.24, 2.45) is 0 Å². The molecule has 1 aliphatic rings. The van der Waals surface area contributed by atoms with E-state index in [4.69, 9.17) is 4.52 Å². The number of sulfonamides is 1. The predicted octanol–water partition coefficient (Wildman–Crippen LogP) is 1.29. The summed E-state index contributed by atoms with van der Waals surface area (Å²) in [5.74, 6) is 0.628. The van der Waals surface area contributed by atoms with Gasteiger partial charge in [-0.1, -0.05) is 5.16 Å². The number of carbonyl (C=O) groups is 1. The van der Waals surface area contributed by atoms with Gasteiger partial charge in [-0.3, -0.25) is 4.79 Å². The van der Waals surface area contributed by atoms with Crippen molar-refractivity contribution in [3.05, 3.63) is 34.1 Å². The predicted molar refractivity (Wildman–Crippen MR) is 88.2 cm³/mol. The van der Waals surface area contributed by atoms with Gasteiger partial charge in [-0.2, -0.15) is 20.6 Å². The second-order valence-electron chi connectivity index (χ2n) is 5.66. The summed E-state index contributed by atoms with van der Waals surface area (Å²) in [5.41, 5.74) is 0.623. The number of amides is 1. The van der Waals surface area contributed by atoms with E-state index in [0.29, 0.717) is 30.9 Å². The van der Waals surface area contributed by atoms with Crippen LogP contribution in [0.2, 0.25) is 0 Å². The van der Waals surface area contributed by atoms with Gasteiger partial charge in [0.2, 0.25) is 15.9 Å². The van der Waals surface area contributed by atoms with E-state index in [2.05, 4.69) is 10.1 Å². The highest BCUT2D eigenvalue weighted by Crippen LogP contribution is 2.28. The van der Waals surface area contributed by atoms with Crippen LogP contribution in [0, 0.1) is 6.92 Å². The van der Waals surface area contributed by atoms with Crippen LogP contribution in [0.1, 0.15) is 34.5 Å². The maximum Gasteiger partial charge on any atom is 0.254 e. The lowest BCUT2D eigenvalue weighted by atomic mass is 10.2. The Morgan fingerprint density at radius 1 is 1.38 bits per heavy atom. The summed E-state index contributed by atoms with van der Waals surface area (Å²) in [6.45, 7) is 2.62. The van der Waals surface area contributed by atoms with Crippen LogP contribution in [-0.4, -0.2) is 59.6 Å². The molecule has 1 saturated heterocycles. The molecule has 1 fully saturated rings. The highest BCUT2D eigenvalue weighted by atomic mass is 32.2. The smallest absolute Gasteiger partial charge is 0.254 e. The van der Waals surface area contributed by atoms with E-state index in [1.54, 1.807) is 23.3 Å². The van der Waals surface area contributed by atoms with E-state index < -0.39 is 16.1 Å². The highest BCUT2D eigenvalue weighted by Gasteiger charge is 2.36. The monoisotopic (exact) mass is 370 g/mol. The molecule has 0 aliphatic carbocycles. The van der Waals surface area contributed by atoms with Gasteiger partial charge >= 0.3 is 0 Å². The lowest BCUT2D eigenvalue weighted by Gasteiger charge is -2.24. The Labute approximate surface area is 144 Å². The van der Waals surface area contributed by atoms with Crippen molar-refractivity contribution in [2.45, 2.75) is 19.4 Å². The Balaban J connectivity index is 1.86. The van der Waals surface area contributed by atoms with E-state index >= 15 is 0 Å². The summed E-state index contributed by atoms with van der Waals surface area (Å²) in [4.78, 5) is 18.4. The molecule has 1 amide bonds. The molecule has 2 aromatic heterocycles. The fraction of sp³-hybridized carbons (Fsp3) is 0.500. The molecule has 3 rings (SSSR count). The summed E-state index contributed by atoms with van der Waals surface area (Å²) >= 11 is 1.46. The number of rotatable bonds is 3. The van der Waals surface area contributed by atoms with Gasteiger partial charge < -0.3 is 9.42 Å². The van der Waals surface area contributed by atoms with Crippen molar-refractivity contribution >= 4 is 27.3 Å². The van der Waals surface area contributed by atoms with E-state index in [-0.39, 0.29) is 18.3 Å². The molecule has 2 aromatic rings. The van der Waals surface area contributed by atoms with Gasteiger partial charge in [0.05, 0.1) is 11.8 Å². The maximum absolute atomic E-state index is 12.5. The zero-order valence-corrected chi connectivity index (χ0v) is 15.0. The summed E-state index contributed by atoms with van der Waals surface area (Å²) in [6, 6.07) is 1.21. The van der Waals surface area contributed by atoms with E-state index in [1.165, 1.54) is 15.6 Å². The van der Waals surface area contributed by atoms with E-state index in [0.717, 1.165) is 6.26 Å². The third-order valence-corrected chi connectivity index (χ3v) is 5.89. The molecule has 0 aromatic carbocycles. The Kier molecular flexibility index (Phi) is 4.70. The molecule has 3 heterocycles. The summed E-state index contributed by atoms with van der Waals surface area (Å²) in [7, 11) is -3.47. The molecule has 24 heavy (non-hydrogen) atoms. The van der Waals surface area contributed by atoms with Gasteiger partial charge in [-0.05, 0) is 24.8 Å². The molecular weight excluding hydrogens is 352 g/mol. The number of thiophene rings is 1. The second-order valence-corrected chi connectivity index (χ2v) is 8.38. The average molecular weight is 370 g/mol. The van der Waals surface area contributed by atoms with Crippen LogP contribution in [0.25, 0.3) is 0 Å². The summed E-state index contributed by atoms with van der Waals surface area (Å²) in [6.07, 6.45) is 1.56. The Hall–Kier alpha value is -1.78. The average Bonchev–Trinajstić information content (AvgIpc) is 3.13. The molecule has 0 spiro atoms.